The highest BCUT2D eigenvalue weighted by Gasteiger charge is 2.20. The van der Waals surface area contributed by atoms with E-state index in [4.69, 9.17) is 0 Å². The number of carbonyl (C=O) groups excluding carboxylic acids is 1. The third kappa shape index (κ3) is 3.20. The number of hydrogen-bond donors (Lipinski definition) is 0. The van der Waals surface area contributed by atoms with Crippen molar-refractivity contribution in [2.24, 2.45) is 0 Å². The number of rotatable bonds is 3. The first kappa shape index (κ1) is 10.3. The third-order valence-corrected chi connectivity index (χ3v) is 2.52. The summed E-state index contributed by atoms with van der Waals surface area (Å²) in [7, 11) is 0. The molecule has 1 rings (SSSR count). The van der Waals surface area contributed by atoms with Gasteiger partial charge in [0.2, 0.25) is 0 Å². The van der Waals surface area contributed by atoms with Crippen LogP contribution in [-0.2, 0) is 4.79 Å². The quantitative estimate of drug-likeness (QED) is 0.483. The van der Waals surface area contributed by atoms with Gasteiger partial charge < -0.3 is 4.79 Å². The number of piperidine rings is 1. The molecule has 1 unspecified atom stereocenters. The fourth-order valence-corrected chi connectivity index (χ4v) is 1.77. The molecule has 0 N–H and O–H groups in total. The lowest BCUT2D eigenvalue weighted by molar-refractivity contribution is -0.113. The fourth-order valence-electron chi connectivity index (χ4n) is 1.77. The first-order valence-corrected chi connectivity index (χ1v) is 4.97. The second-order valence-corrected chi connectivity index (χ2v) is 3.41. The monoisotopic (exact) mass is 179 g/mol. The van der Waals surface area contributed by atoms with E-state index >= 15 is 0 Å². The Hall–Kier alpha value is -0.810. The van der Waals surface area contributed by atoms with Crippen LogP contribution in [0, 0.1) is 11.8 Å². The molecule has 0 amide bonds. The van der Waals surface area contributed by atoms with E-state index in [2.05, 4.69) is 16.7 Å². The lowest BCUT2D eigenvalue weighted by atomic mass is 10.0. The van der Waals surface area contributed by atoms with Crippen LogP contribution in [0.3, 0.4) is 0 Å². The summed E-state index contributed by atoms with van der Waals surface area (Å²) >= 11 is 0. The molecule has 0 bridgehead atoms. The maximum Gasteiger partial charge on any atom is 0.137 e. The van der Waals surface area contributed by atoms with Crippen LogP contribution in [0.5, 0.6) is 0 Å². The van der Waals surface area contributed by atoms with Crippen molar-refractivity contribution in [1.29, 1.82) is 0 Å². The molecule has 0 saturated carbocycles. The zero-order valence-corrected chi connectivity index (χ0v) is 8.25. The molecular formula is C11H17NO. The average molecular weight is 179 g/mol. The smallest absolute Gasteiger partial charge is 0.137 e. The van der Waals surface area contributed by atoms with E-state index in [1.165, 1.54) is 12.8 Å². The van der Waals surface area contributed by atoms with Crippen molar-refractivity contribution in [3.05, 3.63) is 0 Å². The van der Waals surface area contributed by atoms with Crippen LogP contribution in [0.15, 0.2) is 0 Å². The zero-order valence-electron chi connectivity index (χ0n) is 8.25. The van der Waals surface area contributed by atoms with Crippen LogP contribution in [0.2, 0.25) is 0 Å². The molecule has 1 heterocycles. The van der Waals surface area contributed by atoms with Crippen molar-refractivity contribution in [2.75, 3.05) is 13.1 Å². The largest absolute Gasteiger partial charge is 0.302 e. The van der Waals surface area contributed by atoms with E-state index in [-0.39, 0.29) is 6.04 Å². The molecule has 1 atom stereocenters. The lowest BCUT2D eigenvalue weighted by Gasteiger charge is -2.31. The number of nitrogens with zero attached hydrogens (tertiary/aromatic N) is 1. The second-order valence-electron chi connectivity index (χ2n) is 3.41. The van der Waals surface area contributed by atoms with Gasteiger partial charge in [0.15, 0.2) is 0 Å². The van der Waals surface area contributed by atoms with Crippen LogP contribution >= 0.6 is 0 Å². The molecule has 2 nitrogen and oxygen atoms in total. The van der Waals surface area contributed by atoms with Crippen molar-refractivity contribution in [3.63, 3.8) is 0 Å². The third-order valence-electron chi connectivity index (χ3n) is 2.52. The van der Waals surface area contributed by atoms with Gasteiger partial charge >= 0.3 is 0 Å². The summed E-state index contributed by atoms with van der Waals surface area (Å²) in [5.74, 6) is 5.91. The Balaban J connectivity index is 2.34. The summed E-state index contributed by atoms with van der Waals surface area (Å²) in [5.41, 5.74) is 0. The molecule has 72 valence electrons. The van der Waals surface area contributed by atoms with E-state index in [0.29, 0.717) is 0 Å². The Labute approximate surface area is 80.3 Å². The molecule has 13 heavy (non-hydrogen) atoms. The number of aldehydes is 1. The molecular weight excluding hydrogens is 162 g/mol. The number of carbonyl (C=O) groups is 1. The van der Waals surface area contributed by atoms with Crippen LogP contribution in [0.1, 0.15) is 32.6 Å². The predicted octanol–water partition coefficient (Wildman–Crippen LogP) is 1.45. The van der Waals surface area contributed by atoms with E-state index in [9.17, 15) is 4.79 Å². The van der Waals surface area contributed by atoms with Gasteiger partial charge in [-0.15, -0.1) is 11.8 Å². The molecule has 0 aromatic heterocycles. The second kappa shape index (κ2) is 5.77. The summed E-state index contributed by atoms with van der Waals surface area (Å²) in [4.78, 5) is 13.0. The normalized spacial score (nSPS) is 23.3. The minimum atomic E-state index is 0.160. The molecule has 0 aromatic rings. The van der Waals surface area contributed by atoms with E-state index in [1.807, 2.05) is 6.92 Å². The summed E-state index contributed by atoms with van der Waals surface area (Å²) < 4.78 is 0. The Bertz CT molecular complexity index is 214. The average Bonchev–Trinajstić information content (AvgIpc) is 2.19. The van der Waals surface area contributed by atoms with Gasteiger partial charge in [-0.1, -0.05) is 6.42 Å². The van der Waals surface area contributed by atoms with Crippen LogP contribution in [0.25, 0.3) is 0 Å². The highest BCUT2D eigenvalue weighted by molar-refractivity contribution is 5.57. The maximum absolute atomic E-state index is 10.7. The van der Waals surface area contributed by atoms with Crippen molar-refractivity contribution < 1.29 is 4.79 Å². The van der Waals surface area contributed by atoms with Gasteiger partial charge in [0.25, 0.3) is 0 Å². The van der Waals surface area contributed by atoms with Gasteiger partial charge in [-0.3, -0.25) is 4.90 Å². The summed E-state index contributed by atoms with van der Waals surface area (Å²) in [6.45, 7) is 3.87. The summed E-state index contributed by atoms with van der Waals surface area (Å²) in [5, 5.41) is 0. The van der Waals surface area contributed by atoms with E-state index < -0.39 is 0 Å². The molecule has 0 aliphatic carbocycles. The zero-order chi connectivity index (χ0) is 9.52. The number of likely N-dealkylation sites (tertiary alicyclic amines) is 1. The Morgan fingerprint density at radius 1 is 1.54 bits per heavy atom. The molecule has 1 aliphatic heterocycles. The van der Waals surface area contributed by atoms with Crippen LogP contribution in [0.4, 0.5) is 0 Å². The minimum Gasteiger partial charge on any atom is -0.302 e. The molecule has 1 aliphatic rings. The SMILES string of the molecule is CC#CCCN1CCCCC1C=O. The standard InChI is InChI=1S/C11H17NO/c1-2-3-5-8-12-9-6-4-7-11(12)10-13/h10-11H,4-9H2,1H3. The van der Waals surface area contributed by atoms with Gasteiger partial charge in [-0.05, 0) is 26.3 Å². The van der Waals surface area contributed by atoms with E-state index in [1.54, 1.807) is 0 Å². The van der Waals surface area contributed by atoms with Gasteiger partial charge in [0.05, 0.1) is 6.04 Å². The highest BCUT2D eigenvalue weighted by atomic mass is 16.1. The molecule has 1 fully saturated rings. The molecule has 1 saturated heterocycles. The molecule has 0 spiro atoms. The minimum absolute atomic E-state index is 0.160. The first-order chi connectivity index (χ1) is 6.38. The van der Waals surface area contributed by atoms with Gasteiger partial charge in [0.1, 0.15) is 6.29 Å². The maximum atomic E-state index is 10.7. The highest BCUT2D eigenvalue weighted by Crippen LogP contribution is 2.15. The fraction of sp³-hybridized carbons (Fsp3) is 0.727. The number of hydrogen-bond acceptors (Lipinski definition) is 2. The van der Waals surface area contributed by atoms with Crippen LogP contribution in [-0.4, -0.2) is 30.3 Å². The van der Waals surface area contributed by atoms with Gasteiger partial charge in [-0.25, -0.2) is 0 Å². The van der Waals surface area contributed by atoms with E-state index in [0.717, 1.165) is 32.2 Å². The molecule has 2 heteroatoms. The molecule has 0 radical (unpaired) electrons. The van der Waals surface area contributed by atoms with Crippen molar-refractivity contribution in [3.8, 4) is 11.8 Å². The Kier molecular flexibility index (Phi) is 4.56. The lowest BCUT2D eigenvalue weighted by Crippen LogP contribution is -2.40. The van der Waals surface area contributed by atoms with Gasteiger partial charge in [-0.2, -0.15) is 0 Å². The van der Waals surface area contributed by atoms with Crippen molar-refractivity contribution in [2.45, 2.75) is 38.6 Å². The molecule has 0 aromatic carbocycles. The van der Waals surface area contributed by atoms with Gasteiger partial charge in [0, 0.05) is 13.0 Å². The Morgan fingerprint density at radius 3 is 3.08 bits per heavy atom. The summed E-state index contributed by atoms with van der Waals surface area (Å²) in [6.07, 6.45) is 5.42. The topological polar surface area (TPSA) is 20.3 Å². The first-order valence-electron chi connectivity index (χ1n) is 4.97. The predicted molar refractivity (Wildman–Crippen MR) is 53.3 cm³/mol. The summed E-state index contributed by atoms with van der Waals surface area (Å²) in [6, 6.07) is 0.160. The van der Waals surface area contributed by atoms with Crippen LogP contribution < -0.4 is 0 Å². The van der Waals surface area contributed by atoms with Crippen molar-refractivity contribution in [1.82, 2.24) is 4.90 Å². The van der Waals surface area contributed by atoms with Crippen molar-refractivity contribution >= 4 is 6.29 Å². The Morgan fingerprint density at radius 2 is 2.38 bits per heavy atom.